The lowest BCUT2D eigenvalue weighted by Gasteiger charge is -2.51. The van der Waals surface area contributed by atoms with Crippen LogP contribution in [-0.4, -0.2) is 179 Å². The third-order valence-electron chi connectivity index (χ3n) is 12.0. The number of cyclic esters (lactones) is 1. The second-order valence-corrected chi connectivity index (χ2v) is 17.3. The van der Waals surface area contributed by atoms with Gasteiger partial charge in [0.15, 0.2) is 30.6 Å². The molecule has 0 amide bonds. The highest BCUT2D eigenvalue weighted by atomic mass is 16.7. The molecule has 0 aliphatic carbocycles. The van der Waals surface area contributed by atoms with Crippen LogP contribution in [0.25, 0.3) is 0 Å². The minimum Gasteiger partial charge on any atom is -0.463 e. The lowest BCUT2D eigenvalue weighted by Crippen LogP contribution is -2.66. The molecule has 62 heavy (non-hydrogen) atoms. The molecule has 0 radical (unpaired) electrons. The molecular formula is C43H76N2O17. The van der Waals surface area contributed by atoms with Crippen molar-refractivity contribution >= 4 is 23.9 Å². The Kier molecular flexibility index (Phi) is 21.9. The highest BCUT2D eigenvalue weighted by Crippen LogP contribution is 2.39. The number of esters is 4. The van der Waals surface area contributed by atoms with E-state index in [1.807, 2.05) is 6.92 Å². The van der Waals surface area contributed by atoms with E-state index < -0.39 is 121 Å². The fourth-order valence-electron chi connectivity index (χ4n) is 8.71. The second-order valence-electron chi connectivity index (χ2n) is 17.3. The zero-order chi connectivity index (χ0) is 46.5. The number of nitrogens with zero attached hydrogens (tertiary/aromatic N) is 1. The first-order valence-corrected chi connectivity index (χ1v) is 21.9. The summed E-state index contributed by atoms with van der Waals surface area (Å²) >= 11 is 0. The summed E-state index contributed by atoms with van der Waals surface area (Å²) < 4.78 is 66.8. The average molecular weight is 893 g/mol. The lowest BCUT2D eigenvalue weighted by atomic mass is 9.82. The first kappa shape index (κ1) is 53.8. The molecule has 19 heteroatoms. The van der Waals surface area contributed by atoms with Gasteiger partial charge >= 0.3 is 23.9 Å². The number of ether oxygens (including phenoxy) is 11. The van der Waals surface area contributed by atoms with E-state index in [2.05, 4.69) is 5.32 Å². The standard InChI is InChI=1S/C43H76N2O17/c1-14-31(48)58-30-20-33(50)55-24(4)16-17-44-22-29(47)23(3)18-28(19-34(52-11)53-12)39(40(30)54-13)61-42-37(51)36(45(9)10)38(25(5)57-42)60-35-21-43(8,62-27(7)46)41(26(6)56-35)59-32(49)15-2/h23-26,28-30,34-42,44,47,51H,14-22H2,1-13H3/t23-,24-,25?,26?,28-,29+,30-,35?,36?,37?,38?,39+,40?,41?,42?,43?/m1/s1. The van der Waals surface area contributed by atoms with E-state index in [1.54, 1.807) is 60.5 Å². The molecule has 0 bridgehead atoms. The Morgan fingerprint density at radius 1 is 0.919 bits per heavy atom. The largest absolute Gasteiger partial charge is 0.463 e. The maximum atomic E-state index is 13.5. The third kappa shape index (κ3) is 15.0. The number of hydrogen-bond acceptors (Lipinski definition) is 19. The number of aliphatic hydroxyl groups is 2. The topological polar surface area (TPSA) is 226 Å². The number of methoxy groups -OCH3 is 3. The van der Waals surface area contributed by atoms with Gasteiger partial charge in [-0.2, -0.15) is 0 Å². The van der Waals surface area contributed by atoms with Crippen LogP contribution < -0.4 is 5.32 Å². The van der Waals surface area contributed by atoms with Gasteiger partial charge < -0.3 is 72.5 Å². The van der Waals surface area contributed by atoms with Crippen LogP contribution in [0, 0.1) is 11.8 Å². The van der Waals surface area contributed by atoms with Gasteiger partial charge in [-0.15, -0.1) is 0 Å². The molecule has 10 unspecified atom stereocenters. The molecule has 0 saturated carbocycles. The maximum absolute atomic E-state index is 13.5. The molecule has 3 aliphatic rings. The van der Waals surface area contributed by atoms with Crippen LogP contribution in [0.15, 0.2) is 0 Å². The molecule has 19 nitrogen and oxygen atoms in total. The SMILES string of the molecule is CCC(=O)OC1C(C)OC(OC2C(C)OC(O[C@@H]3C(OC)[C@H](OC(=O)CC)CC(=O)O[C@H](C)CCNC[C@H](O)[C@H](C)C[C@@H]3CC(OC)OC)C(O)C2N(C)C)CC1(C)OC(C)=O. The minimum atomic E-state index is -1.39. The number of likely N-dealkylation sites (N-methyl/N-ethyl adjacent to an activating group) is 1. The first-order chi connectivity index (χ1) is 29.2. The minimum absolute atomic E-state index is 0.00392. The Balaban J connectivity index is 2.09. The lowest BCUT2D eigenvalue weighted by molar-refractivity contribution is -0.345. The van der Waals surface area contributed by atoms with E-state index in [0.717, 1.165) is 0 Å². The normalized spacial score (nSPS) is 38.1. The summed E-state index contributed by atoms with van der Waals surface area (Å²) in [6, 6.07) is -0.789. The van der Waals surface area contributed by atoms with E-state index in [1.165, 1.54) is 28.3 Å². The van der Waals surface area contributed by atoms with Crippen LogP contribution in [0.5, 0.6) is 0 Å². The summed E-state index contributed by atoms with van der Waals surface area (Å²) in [5, 5.41) is 26.9. The van der Waals surface area contributed by atoms with Crippen molar-refractivity contribution in [3.05, 3.63) is 0 Å². The van der Waals surface area contributed by atoms with Crippen molar-refractivity contribution in [2.75, 3.05) is 48.5 Å². The third-order valence-corrected chi connectivity index (χ3v) is 12.0. The van der Waals surface area contributed by atoms with E-state index in [9.17, 15) is 29.4 Å². The fourth-order valence-corrected chi connectivity index (χ4v) is 8.71. The van der Waals surface area contributed by atoms with Crippen LogP contribution >= 0.6 is 0 Å². The van der Waals surface area contributed by atoms with Crippen molar-refractivity contribution in [2.45, 2.75) is 192 Å². The van der Waals surface area contributed by atoms with Crippen molar-refractivity contribution < 1.29 is 81.5 Å². The van der Waals surface area contributed by atoms with E-state index >= 15 is 0 Å². The Bertz CT molecular complexity index is 1400. The van der Waals surface area contributed by atoms with Crippen LogP contribution in [0.4, 0.5) is 0 Å². The van der Waals surface area contributed by atoms with Gasteiger partial charge in [0.2, 0.25) is 0 Å². The molecule has 3 aliphatic heterocycles. The smallest absolute Gasteiger partial charge is 0.309 e. The Morgan fingerprint density at radius 3 is 2.15 bits per heavy atom. The van der Waals surface area contributed by atoms with Gasteiger partial charge in [0.05, 0.1) is 36.9 Å². The van der Waals surface area contributed by atoms with Crippen molar-refractivity contribution in [1.82, 2.24) is 10.2 Å². The molecule has 0 aromatic heterocycles. The van der Waals surface area contributed by atoms with Gasteiger partial charge in [-0.05, 0) is 73.0 Å². The molecule has 360 valence electrons. The number of carbonyl (C=O) groups excluding carboxylic acids is 4. The van der Waals surface area contributed by atoms with Gasteiger partial charge in [0, 0.05) is 60.5 Å². The van der Waals surface area contributed by atoms with Gasteiger partial charge in [-0.1, -0.05) is 20.8 Å². The van der Waals surface area contributed by atoms with E-state index in [4.69, 9.17) is 52.1 Å². The molecule has 3 rings (SSSR count). The van der Waals surface area contributed by atoms with E-state index in [-0.39, 0.29) is 44.6 Å². The van der Waals surface area contributed by atoms with Crippen molar-refractivity contribution in [3.63, 3.8) is 0 Å². The van der Waals surface area contributed by atoms with Crippen molar-refractivity contribution in [3.8, 4) is 0 Å². The highest BCUT2D eigenvalue weighted by molar-refractivity contribution is 5.72. The van der Waals surface area contributed by atoms with Crippen molar-refractivity contribution in [1.29, 1.82) is 0 Å². The van der Waals surface area contributed by atoms with Gasteiger partial charge in [-0.3, -0.25) is 19.2 Å². The zero-order valence-electron chi connectivity index (χ0n) is 39.1. The van der Waals surface area contributed by atoms with Gasteiger partial charge in [0.1, 0.15) is 30.5 Å². The monoisotopic (exact) mass is 893 g/mol. The Morgan fingerprint density at radius 2 is 1.56 bits per heavy atom. The fraction of sp³-hybridized carbons (Fsp3) is 0.907. The number of carbonyl (C=O) groups is 4. The zero-order valence-corrected chi connectivity index (χ0v) is 39.1. The maximum Gasteiger partial charge on any atom is 0.309 e. The summed E-state index contributed by atoms with van der Waals surface area (Å²) in [5.74, 6) is -3.16. The number of aliphatic hydroxyl groups excluding tert-OH is 2. The first-order valence-electron chi connectivity index (χ1n) is 21.9. The predicted octanol–water partition coefficient (Wildman–Crippen LogP) is 2.24. The second kappa shape index (κ2) is 25.2. The predicted molar refractivity (Wildman–Crippen MR) is 221 cm³/mol. The Labute approximate surface area is 367 Å². The van der Waals surface area contributed by atoms with Crippen LogP contribution in [-0.2, 0) is 71.3 Å². The van der Waals surface area contributed by atoms with Gasteiger partial charge in [0.25, 0.3) is 0 Å². The summed E-state index contributed by atoms with van der Waals surface area (Å²) in [4.78, 5) is 53.0. The van der Waals surface area contributed by atoms with Gasteiger partial charge in [-0.25, -0.2) is 0 Å². The average Bonchev–Trinajstić information content (AvgIpc) is 3.19. The van der Waals surface area contributed by atoms with E-state index in [0.29, 0.717) is 19.4 Å². The summed E-state index contributed by atoms with van der Waals surface area (Å²) in [6.07, 6.45) is -11.7. The molecule has 3 fully saturated rings. The number of β-amino-alcohol motifs (C(OH)–C–C–N with tert-alkyl or cyclic N) is 1. The summed E-state index contributed by atoms with van der Waals surface area (Å²) in [6.45, 7) is 14.1. The molecule has 3 N–H and O–H groups in total. The molecule has 0 aromatic rings. The molecule has 16 atom stereocenters. The van der Waals surface area contributed by atoms with Crippen LogP contribution in [0.1, 0.15) is 100 Å². The molecule has 0 aromatic carbocycles. The molecular weight excluding hydrogens is 816 g/mol. The number of rotatable bonds is 15. The molecule has 0 spiro atoms. The number of hydrogen-bond donors (Lipinski definition) is 3. The highest BCUT2D eigenvalue weighted by Gasteiger charge is 2.54. The summed E-state index contributed by atoms with van der Waals surface area (Å²) in [7, 11) is 7.94. The van der Waals surface area contributed by atoms with Crippen molar-refractivity contribution in [2.24, 2.45) is 11.8 Å². The Hall–Kier alpha value is -2.56. The van der Waals surface area contributed by atoms with Crippen LogP contribution in [0.3, 0.4) is 0 Å². The quantitative estimate of drug-likeness (QED) is 0.122. The summed E-state index contributed by atoms with van der Waals surface area (Å²) in [5.41, 5.74) is -1.31. The molecule has 3 saturated heterocycles. The number of nitrogens with one attached hydrogen (secondary N) is 1. The molecule has 3 heterocycles. The van der Waals surface area contributed by atoms with Crippen LogP contribution in [0.2, 0.25) is 0 Å².